The molecule has 11 heteroatoms. The van der Waals surface area contributed by atoms with Crippen LogP contribution in [0.3, 0.4) is 0 Å². The van der Waals surface area contributed by atoms with Gasteiger partial charge in [0.1, 0.15) is 15.3 Å². The van der Waals surface area contributed by atoms with Crippen LogP contribution in [0.5, 0.6) is 0 Å². The molecule has 2 heterocycles. The second-order valence-corrected chi connectivity index (χ2v) is 11.0. The van der Waals surface area contributed by atoms with Crippen molar-refractivity contribution in [2.24, 2.45) is 0 Å². The van der Waals surface area contributed by atoms with Gasteiger partial charge in [-0.25, -0.2) is 9.59 Å². The summed E-state index contributed by atoms with van der Waals surface area (Å²) in [5.41, 5.74) is 1.22. The lowest BCUT2D eigenvalue weighted by Crippen LogP contribution is -2.54. The van der Waals surface area contributed by atoms with E-state index in [-0.39, 0.29) is 34.0 Å². The lowest BCUT2D eigenvalue weighted by atomic mass is 10.1. The van der Waals surface area contributed by atoms with E-state index in [4.69, 9.17) is 4.74 Å². The molecule has 3 rings (SSSR count). The van der Waals surface area contributed by atoms with Crippen LogP contribution in [0.25, 0.3) is 11.8 Å². The summed E-state index contributed by atoms with van der Waals surface area (Å²) >= 11 is 1.08. The maximum Gasteiger partial charge on any atom is 0.351 e. The predicted octanol–water partition coefficient (Wildman–Crippen LogP) is 1.64. The molecule has 1 aromatic carbocycles. The molecule has 0 unspecified atom stereocenters. The highest BCUT2D eigenvalue weighted by Crippen LogP contribution is 2.14. The summed E-state index contributed by atoms with van der Waals surface area (Å²) in [5, 5.41) is 15.7. The number of esters is 1. The highest BCUT2D eigenvalue weighted by Gasteiger charge is 2.24. The van der Waals surface area contributed by atoms with Crippen LogP contribution in [0.1, 0.15) is 40.2 Å². The Morgan fingerprint density at radius 2 is 1.89 bits per heavy atom. The van der Waals surface area contributed by atoms with Gasteiger partial charge in [0.2, 0.25) is 0 Å². The van der Waals surface area contributed by atoms with Crippen molar-refractivity contribution in [2.45, 2.75) is 53.2 Å². The van der Waals surface area contributed by atoms with Gasteiger partial charge in [-0.3, -0.25) is 14.3 Å². The number of nitriles is 1. The van der Waals surface area contributed by atoms with Crippen LogP contribution < -0.4 is 25.4 Å². The molecular formula is C27H36N6O4S. The number of hydrogen-bond donors (Lipinski definition) is 2. The number of rotatable bonds is 7. The summed E-state index contributed by atoms with van der Waals surface area (Å²) < 4.78 is 7.06. The van der Waals surface area contributed by atoms with Gasteiger partial charge in [0.05, 0.1) is 6.61 Å². The van der Waals surface area contributed by atoms with E-state index in [0.717, 1.165) is 42.2 Å². The molecule has 204 valence electrons. The molecule has 0 bridgehead atoms. The number of anilines is 1. The van der Waals surface area contributed by atoms with Gasteiger partial charge < -0.3 is 20.3 Å². The van der Waals surface area contributed by atoms with Crippen LogP contribution in [0.15, 0.2) is 29.1 Å². The Balaban J connectivity index is 1.72. The molecule has 0 saturated carbocycles. The topological polar surface area (TPSA) is 120 Å². The molecule has 1 aliphatic heterocycles. The number of piperazine rings is 1. The summed E-state index contributed by atoms with van der Waals surface area (Å²) in [5.74, 6) is -0.735. The van der Waals surface area contributed by atoms with E-state index in [1.165, 1.54) is 4.57 Å². The van der Waals surface area contributed by atoms with Crippen molar-refractivity contribution in [3.8, 4) is 6.07 Å². The van der Waals surface area contributed by atoms with Crippen LogP contribution in [0.2, 0.25) is 0 Å². The number of nitrogens with zero attached hydrogens (tertiary/aromatic N) is 4. The summed E-state index contributed by atoms with van der Waals surface area (Å²) in [6, 6.07) is 9.78. The van der Waals surface area contributed by atoms with Crippen molar-refractivity contribution < 1.29 is 14.3 Å². The molecular weight excluding hydrogens is 504 g/mol. The molecule has 0 radical (unpaired) electrons. The number of nitrogens with one attached hydrogen (secondary N) is 2. The van der Waals surface area contributed by atoms with Crippen molar-refractivity contribution in [3.05, 3.63) is 49.4 Å². The third-order valence-corrected chi connectivity index (χ3v) is 7.00. The molecule has 1 aliphatic rings. The van der Waals surface area contributed by atoms with Crippen LogP contribution in [-0.2, 0) is 22.6 Å². The summed E-state index contributed by atoms with van der Waals surface area (Å²) in [7, 11) is 0. The molecule has 38 heavy (non-hydrogen) atoms. The number of thiazole rings is 1. The van der Waals surface area contributed by atoms with Gasteiger partial charge in [0.15, 0.2) is 5.57 Å². The van der Waals surface area contributed by atoms with Gasteiger partial charge in [-0.05, 0) is 52.3 Å². The number of benzene rings is 1. The van der Waals surface area contributed by atoms with Crippen molar-refractivity contribution in [3.63, 3.8) is 0 Å². The molecule has 0 atom stereocenters. The lowest BCUT2D eigenvalue weighted by Gasteiger charge is -2.36. The van der Waals surface area contributed by atoms with E-state index < -0.39 is 5.97 Å². The summed E-state index contributed by atoms with van der Waals surface area (Å²) in [6.45, 7) is 13.5. The quantitative estimate of drug-likeness (QED) is 0.513. The molecule has 10 nitrogen and oxygen atoms in total. The number of urea groups is 1. The van der Waals surface area contributed by atoms with E-state index in [1.807, 2.05) is 56.0 Å². The van der Waals surface area contributed by atoms with Crippen LogP contribution in [0.4, 0.5) is 10.5 Å². The fraction of sp³-hybridized carbons (Fsp3) is 0.481. The van der Waals surface area contributed by atoms with Gasteiger partial charge in [-0.1, -0.05) is 12.1 Å². The fourth-order valence-corrected chi connectivity index (χ4v) is 5.13. The van der Waals surface area contributed by atoms with Gasteiger partial charge >= 0.3 is 12.0 Å². The van der Waals surface area contributed by atoms with Crippen LogP contribution in [0, 0.1) is 11.3 Å². The SMILES string of the molecule is CCOC(=O)/C(C#N)=c1\s/c(=C\Nc2cccc(CN3CCN(C(=O)NC(C)(C)C)CC3)c2)c(=O)n1CC. The highest BCUT2D eigenvalue weighted by molar-refractivity contribution is 7.07. The normalized spacial score (nSPS) is 15.6. The van der Waals surface area contributed by atoms with Gasteiger partial charge in [0, 0.05) is 56.7 Å². The maximum absolute atomic E-state index is 12.9. The first kappa shape index (κ1) is 28.9. The van der Waals surface area contributed by atoms with Gasteiger partial charge in [-0.15, -0.1) is 11.3 Å². The van der Waals surface area contributed by atoms with E-state index in [0.29, 0.717) is 24.2 Å². The third-order valence-electron chi connectivity index (χ3n) is 5.87. The van der Waals surface area contributed by atoms with Crippen LogP contribution in [-0.4, -0.2) is 64.7 Å². The zero-order valence-corrected chi connectivity index (χ0v) is 23.5. The minimum Gasteiger partial charge on any atom is -0.462 e. The average Bonchev–Trinajstić information content (AvgIpc) is 3.17. The molecule has 0 spiro atoms. The van der Waals surface area contributed by atoms with Crippen molar-refractivity contribution >= 4 is 40.8 Å². The number of carbonyl (C=O) groups excluding carboxylic acids is 2. The van der Waals surface area contributed by atoms with E-state index in [1.54, 1.807) is 20.0 Å². The number of aromatic nitrogens is 1. The number of hydrogen-bond acceptors (Lipinski definition) is 8. The van der Waals surface area contributed by atoms with E-state index in [9.17, 15) is 19.6 Å². The van der Waals surface area contributed by atoms with E-state index in [2.05, 4.69) is 15.5 Å². The summed E-state index contributed by atoms with van der Waals surface area (Å²) in [4.78, 5) is 41.7. The van der Waals surface area contributed by atoms with Crippen molar-refractivity contribution in [1.82, 2.24) is 19.7 Å². The van der Waals surface area contributed by atoms with E-state index >= 15 is 0 Å². The molecule has 0 aliphatic carbocycles. The summed E-state index contributed by atoms with van der Waals surface area (Å²) in [6.07, 6.45) is 1.61. The number of ether oxygens (including phenoxy) is 1. The fourth-order valence-electron chi connectivity index (χ4n) is 4.05. The predicted molar refractivity (Wildman–Crippen MR) is 149 cm³/mol. The van der Waals surface area contributed by atoms with Gasteiger partial charge in [-0.2, -0.15) is 5.26 Å². The Bertz CT molecular complexity index is 1370. The number of amides is 2. The zero-order chi connectivity index (χ0) is 27.9. The maximum atomic E-state index is 12.9. The molecule has 1 saturated heterocycles. The highest BCUT2D eigenvalue weighted by atomic mass is 32.1. The Morgan fingerprint density at radius 1 is 1.18 bits per heavy atom. The van der Waals surface area contributed by atoms with Gasteiger partial charge in [0.25, 0.3) is 5.56 Å². The minimum atomic E-state index is -0.735. The van der Waals surface area contributed by atoms with Crippen molar-refractivity contribution in [2.75, 3.05) is 38.1 Å². The monoisotopic (exact) mass is 540 g/mol. The lowest BCUT2D eigenvalue weighted by molar-refractivity contribution is -0.136. The molecule has 2 amide bonds. The van der Waals surface area contributed by atoms with Crippen molar-refractivity contribution in [1.29, 1.82) is 5.26 Å². The smallest absolute Gasteiger partial charge is 0.351 e. The largest absolute Gasteiger partial charge is 0.462 e. The van der Waals surface area contributed by atoms with Crippen LogP contribution >= 0.6 is 11.3 Å². The molecule has 2 aromatic rings. The minimum absolute atomic E-state index is 0.0282. The average molecular weight is 541 g/mol. The standard InChI is InChI=1S/C27H36N6O4S/c1-6-33-23(34)22(38-24(33)21(16-28)25(35)37-7-2)17-29-20-10-8-9-19(15-20)18-31-11-13-32(14-12-31)26(36)30-27(3,4)5/h8-10,15,17,29H,6-7,11-14,18H2,1-5H3,(H,30,36)/b22-17-,24-21-. The second kappa shape index (κ2) is 12.8. The molecule has 1 fully saturated rings. The second-order valence-electron chi connectivity index (χ2n) is 9.96. The third kappa shape index (κ3) is 7.46. The number of carbonyl (C=O) groups is 2. The zero-order valence-electron chi connectivity index (χ0n) is 22.7. The first-order valence-corrected chi connectivity index (χ1v) is 13.5. The Kier molecular flexibility index (Phi) is 9.72. The first-order chi connectivity index (χ1) is 18.1. The molecule has 1 aromatic heterocycles. The Labute approximate surface area is 226 Å². The Morgan fingerprint density at radius 3 is 2.50 bits per heavy atom. The molecule has 2 N–H and O–H groups in total. The first-order valence-electron chi connectivity index (χ1n) is 12.7. The Hall–Kier alpha value is -3.62.